The summed E-state index contributed by atoms with van der Waals surface area (Å²) in [5.41, 5.74) is 2.56. The second-order valence-corrected chi connectivity index (χ2v) is 7.84. The van der Waals surface area contributed by atoms with Crippen molar-refractivity contribution in [1.82, 2.24) is 19.9 Å². The van der Waals surface area contributed by atoms with Crippen LogP contribution in [0.1, 0.15) is 50.3 Å². The predicted molar refractivity (Wildman–Crippen MR) is 109 cm³/mol. The van der Waals surface area contributed by atoms with Gasteiger partial charge in [-0.05, 0) is 51.1 Å². The lowest BCUT2D eigenvalue weighted by Crippen LogP contribution is -2.47. The van der Waals surface area contributed by atoms with Crippen LogP contribution in [0, 0.1) is 18.3 Å². The van der Waals surface area contributed by atoms with Gasteiger partial charge in [-0.2, -0.15) is 5.26 Å². The van der Waals surface area contributed by atoms with Crippen molar-refractivity contribution in [3.63, 3.8) is 0 Å². The maximum atomic E-state index is 8.83. The second-order valence-electron chi connectivity index (χ2n) is 7.84. The van der Waals surface area contributed by atoms with E-state index >= 15 is 0 Å². The van der Waals surface area contributed by atoms with Gasteiger partial charge in [-0.15, -0.1) is 0 Å². The molecule has 7 heteroatoms. The molecule has 2 aliphatic heterocycles. The van der Waals surface area contributed by atoms with Crippen LogP contribution in [-0.2, 0) is 0 Å². The molecule has 2 saturated heterocycles. The van der Waals surface area contributed by atoms with Crippen molar-refractivity contribution in [3.8, 4) is 6.07 Å². The first-order valence-corrected chi connectivity index (χ1v) is 10.1. The molecule has 2 bridgehead atoms. The highest BCUT2D eigenvalue weighted by molar-refractivity contribution is 5.61. The predicted octanol–water partition coefficient (Wildman–Crippen LogP) is 3.61. The van der Waals surface area contributed by atoms with Gasteiger partial charge >= 0.3 is 0 Å². The van der Waals surface area contributed by atoms with Crippen LogP contribution < -0.4 is 10.6 Å². The Morgan fingerprint density at radius 2 is 1.86 bits per heavy atom. The van der Waals surface area contributed by atoms with Gasteiger partial charge in [0, 0.05) is 36.1 Å². The first-order valence-electron chi connectivity index (χ1n) is 10.1. The van der Waals surface area contributed by atoms with Crippen molar-refractivity contribution in [2.75, 3.05) is 17.2 Å². The average Bonchev–Trinajstić information content (AvgIpc) is 2.94. The Labute approximate surface area is 166 Å². The van der Waals surface area contributed by atoms with Crippen molar-refractivity contribution in [2.24, 2.45) is 0 Å². The van der Waals surface area contributed by atoms with Crippen LogP contribution in [-0.4, -0.2) is 44.5 Å². The molecule has 146 valence electrons. The van der Waals surface area contributed by atoms with Crippen LogP contribution in [0.2, 0.25) is 0 Å². The number of pyridine rings is 1. The SMILES string of the molecule is CCCN1C2CCC1CC(Nc1cc(Nc3cnc(C#N)cn3)ncc1C)C2. The summed E-state index contributed by atoms with van der Waals surface area (Å²) in [6, 6.07) is 5.97. The zero-order chi connectivity index (χ0) is 19.5. The Bertz CT molecular complexity index is 844. The van der Waals surface area contributed by atoms with Crippen molar-refractivity contribution in [2.45, 2.75) is 64.1 Å². The van der Waals surface area contributed by atoms with E-state index in [0.29, 0.717) is 17.6 Å². The number of nitriles is 1. The minimum atomic E-state index is 0.300. The molecule has 4 heterocycles. The van der Waals surface area contributed by atoms with Gasteiger partial charge < -0.3 is 10.6 Å². The molecule has 0 spiro atoms. The molecule has 0 saturated carbocycles. The zero-order valence-corrected chi connectivity index (χ0v) is 16.5. The lowest BCUT2D eigenvalue weighted by Gasteiger charge is -2.39. The fraction of sp³-hybridized carbons (Fsp3) is 0.524. The van der Waals surface area contributed by atoms with Crippen LogP contribution in [0.4, 0.5) is 17.3 Å². The lowest BCUT2D eigenvalue weighted by molar-refractivity contribution is 0.133. The number of hydrogen-bond donors (Lipinski definition) is 2. The van der Waals surface area contributed by atoms with Crippen LogP contribution in [0.25, 0.3) is 0 Å². The summed E-state index contributed by atoms with van der Waals surface area (Å²) in [7, 11) is 0. The highest BCUT2D eigenvalue weighted by Gasteiger charge is 2.40. The molecule has 2 atom stereocenters. The molecule has 2 aliphatic rings. The third-order valence-corrected chi connectivity index (χ3v) is 5.85. The van der Waals surface area contributed by atoms with Gasteiger partial charge in [-0.25, -0.2) is 15.0 Å². The Kier molecular flexibility index (Phi) is 5.40. The Morgan fingerprint density at radius 1 is 1.11 bits per heavy atom. The summed E-state index contributed by atoms with van der Waals surface area (Å²) in [5, 5.41) is 15.8. The van der Waals surface area contributed by atoms with E-state index in [4.69, 9.17) is 5.26 Å². The quantitative estimate of drug-likeness (QED) is 0.795. The van der Waals surface area contributed by atoms with Crippen LogP contribution in [0.5, 0.6) is 0 Å². The summed E-state index contributed by atoms with van der Waals surface area (Å²) in [6.45, 7) is 5.59. The number of nitrogens with zero attached hydrogens (tertiary/aromatic N) is 5. The smallest absolute Gasteiger partial charge is 0.158 e. The summed E-state index contributed by atoms with van der Waals surface area (Å²) in [4.78, 5) is 15.4. The number of aromatic nitrogens is 3. The minimum Gasteiger partial charge on any atom is -0.382 e. The van der Waals surface area contributed by atoms with E-state index in [-0.39, 0.29) is 0 Å². The minimum absolute atomic E-state index is 0.300. The second kappa shape index (κ2) is 8.11. The first-order chi connectivity index (χ1) is 13.7. The Hall–Kier alpha value is -2.72. The molecule has 28 heavy (non-hydrogen) atoms. The van der Waals surface area contributed by atoms with Gasteiger partial charge in [0.25, 0.3) is 0 Å². The Morgan fingerprint density at radius 3 is 2.50 bits per heavy atom. The molecule has 4 rings (SSSR count). The summed E-state index contributed by atoms with van der Waals surface area (Å²) in [6.07, 6.45) is 11.2. The number of anilines is 3. The number of fused-ring (bicyclic) bond motifs is 2. The average molecular weight is 377 g/mol. The van der Waals surface area contributed by atoms with Gasteiger partial charge in [0.05, 0.1) is 12.4 Å². The summed E-state index contributed by atoms with van der Waals surface area (Å²) >= 11 is 0. The lowest BCUT2D eigenvalue weighted by atomic mass is 9.96. The number of nitrogens with one attached hydrogen (secondary N) is 2. The first kappa shape index (κ1) is 18.6. The van der Waals surface area contributed by atoms with Gasteiger partial charge in [0.15, 0.2) is 5.69 Å². The molecular weight excluding hydrogens is 350 g/mol. The van der Waals surface area contributed by atoms with Crippen molar-refractivity contribution >= 4 is 17.3 Å². The highest BCUT2D eigenvalue weighted by Crippen LogP contribution is 2.37. The number of piperidine rings is 1. The number of rotatable bonds is 6. The van der Waals surface area contributed by atoms with Crippen LogP contribution in [0.3, 0.4) is 0 Å². The molecule has 0 radical (unpaired) electrons. The van der Waals surface area contributed by atoms with Crippen LogP contribution in [0.15, 0.2) is 24.7 Å². The molecule has 2 fully saturated rings. The number of aryl methyl sites for hydroxylation is 1. The summed E-state index contributed by atoms with van der Waals surface area (Å²) in [5.74, 6) is 1.30. The van der Waals surface area contributed by atoms with E-state index in [9.17, 15) is 0 Å². The molecule has 7 nitrogen and oxygen atoms in total. The van der Waals surface area contributed by atoms with E-state index in [1.54, 1.807) is 6.20 Å². The largest absolute Gasteiger partial charge is 0.382 e. The maximum Gasteiger partial charge on any atom is 0.158 e. The van der Waals surface area contributed by atoms with Crippen molar-refractivity contribution in [1.29, 1.82) is 5.26 Å². The number of hydrogen-bond acceptors (Lipinski definition) is 7. The van der Waals surface area contributed by atoms with Crippen molar-refractivity contribution < 1.29 is 0 Å². The van der Waals surface area contributed by atoms with E-state index in [0.717, 1.165) is 29.2 Å². The fourth-order valence-electron chi connectivity index (χ4n) is 4.56. The van der Waals surface area contributed by atoms with E-state index in [1.165, 1.54) is 44.8 Å². The topological polar surface area (TPSA) is 89.8 Å². The highest BCUT2D eigenvalue weighted by atomic mass is 15.2. The monoisotopic (exact) mass is 377 g/mol. The molecular formula is C21H27N7. The summed E-state index contributed by atoms with van der Waals surface area (Å²) < 4.78 is 0. The third-order valence-electron chi connectivity index (χ3n) is 5.85. The van der Waals surface area contributed by atoms with Gasteiger partial charge in [0.2, 0.25) is 0 Å². The van der Waals surface area contributed by atoms with Crippen molar-refractivity contribution in [3.05, 3.63) is 35.9 Å². The normalized spacial score (nSPS) is 24.0. The molecule has 0 amide bonds. The van der Waals surface area contributed by atoms with Gasteiger partial charge in [-0.3, -0.25) is 4.90 Å². The van der Waals surface area contributed by atoms with E-state index < -0.39 is 0 Å². The fourth-order valence-corrected chi connectivity index (χ4v) is 4.56. The van der Waals surface area contributed by atoms with E-state index in [2.05, 4.69) is 44.3 Å². The standard InChI is InChI=1S/C21H27N7/c1-3-6-28-17-4-5-18(28)8-15(7-17)26-19-9-20(24-11-14(19)2)27-21-13-23-16(10-22)12-25-21/h9,11-13,15,17-18H,3-8H2,1-2H3,(H2,24,25,26,27). The molecule has 2 aromatic rings. The zero-order valence-electron chi connectivity index (χ0n) is 16.5. The molecule has 2 unspecified atom stereocenters. The molecule has 2 aromatic heterocycles. The molecule has 0 aliphatic carbocycles. The van der Waals surface area contributed by atoms with E-state index in [1.807, 2.05) is 18.3 Å². The Balaban J connectivity index is 1.44. The molecule has 0 aromatic carbocycles. The van der Waals surface area contributed by atoms with Crippen LogP contribution >= 0.6 is 0 Å². The molecule has 2 N–H and O–H groups in total. The maximum absolute atomic E-state index is 8.83. The van der Waals surface area contributed by atoms with Gasteiger partial charge in [-0.1, -0.05) is 6.92 Å². The van der Waals surface area contributed by atoms with Gasteiger partial charge in [0.1, 0.15) is 17.7 Å². The third kappa shape index (κ3) is 3.92.